The Morgan fingerprint density at radius 1 is 1.06 bits per heavy atom. The summed E-state index contributed by atoms with van der Waals surface area (Å²) < 4.78 is 8.23. The number of aromatic nitrogens is 5. The first-order valence-electron chi connectivity index (χ1n) is 11.8. The van der Waals surface area contributed by atoms with Crippen LogP contribution in [0, 0.1) is 6.92 Å². The maximum absolute atomic E-state index is 13.5. The maximum atomic E-state index is 13.5. The van der Waals surface area contributed by atoms with Gasteiger partial charge >= 0.3 is 5.97 Å². The lowest BCUT2D eigenvalue weighted by molar-refractivity contribution is 0.0525. The molecule has 176 valence electrons. The van der Waals surface area contributed by atoms with Crippen molar-refractivity contribution in [3.05, 3.63) is 62.6 Å². The summed E-state index contributed by atoms with van der Waals surface area (Å²) in [5, 5.41) is 7.64. The quantitative estimate of drug-likeness (QED) is 0.281. The second kappa shape index (κ2) is 8.89. The van der Waals surface area contributed by atoms with Crippen LogP contribution in [-0.4, -0.2) is 36.9 Å². The number of pyridine rings is 3. The highest BCUT2D eigenvalue weighted by Gasteiger charge is 2.23. The van der Waals surface area contributed by atoms with Gasteiger partial charge in [0.05, 0.1) is 28.4 Å². The largest absolute Gasteiger partial charge is 0.462 e. The third-order valence-corrected chi connectivity index (χ3v) is 6.62. The third kappa shape index (κ3) is 3.70. The van der Waals surface area contributed by atoms with Crippen molar-refractivity contribution >= 4 is 27.8 Å². The first kappa shape index (κ1) is 22.1. The average molecular weight is 462 g/mol. The first-order chi connectivity index (χ1) is 16.5. The molecule has 4 aromatic heterocycles. The van der Waals surface area contributed by atoms with E-state index in [4.69, 9.17) is 4.74 Å². The summed E-state index contributed by atoms with van der Waals surface area (Å²) in [7, 11) is 0. The molecular formula is C25H27N5O4. The molecule has 1 aliphatic rings. The number of fused-ring (bicyclic) bond motifs is 2. The normalized spacial score (nSPS) is 15.0. The molecule has 0 unspecified atom stereocenters. The van der Waals surface area contributed by atoms with E-state index >= 15 is 0 Å². The number of ether oxygens (including phenoxy) is 1. The van der Waals surface area contributed by atoms with Crippen LogP contribution < -0.4 is 11.1 Å². The molecule has 34 heavy (non-hydrogen) atoms. The molecule has 1 N–H and O–H groups in total. The minimum atomic E-state index is -0.557. The van der Waals surface area contributed by atoms with E-state index in [-0.39, 0.29) is 29.6 Å². The lowest BCUT2D eigenvalue weighted by Crippen LogP contribution is -2.25. The summed E-state index contributed by atoms with van der Waals surface area (Å²) in [6.45, 7) is 3.62. The van der Waals surface area contributed by atoms with Gasteiger partial charge in [0.15, 0.2) is 5.82 Å². The molecule has 4 heterocycles. The fraction of sp³-hybridized carbons (Fsp3) is 0.400. The van der Waals surface area contributed by atoms with Gasteiger partial charge in [0.25, 0.3) is 11.1 Å². The predicted molar refractivity (Wildman–Crippen MR) is 129 cm³/mol. The van der Waals surface area contributed by atoms with E-state index in [1.165, 1.54) is 23.6 Å². The maximum Gasteiger partial charge on any atom is 0.343 e. The number of aryl methyl sites for hydroxylation is 1. The van der Waals surface area contributed by atoms with Crippen LogP contribution >= 0.6 is 0 Å². The highest BCUT2D eigenvalue weighted by molar-refractivity contribution is 5.95. The van der Waals surface area contributed by atoms with E-state index in [1.807, 2.05) is 12.3 Å². The van der Waals surface area contributed by atoms with Crippen LogP contribution in [0.25, 0.3) is 27.6 Å². The molecule has 0 atom stereocenters. The number of nitrogens with zero attached hydrogens (tertiary/aromatic N) is 4. The van der Waals surface area contributed by atoms with E-state index in [2.05, 4.69) is 15.2 Å². The van der Waals surface area contributed by atoms with E-state index < -0.39 is 11.5 Å². The van der Waals surface area contributed by atoms with Crippen LogP contribution in [0.5, 0.6) is 0 Å². The molecule has 0 aromatic carbocycles. The van der Waals surface area contributed by atoms with Gasteiger partial charge in [-0.15, -0.1) is 0 Å². The fourth-order valence-corrected chi connectivity index (χ4v) is 4.87. The van der Waals surface area contributed by atoms with Crippen molar-refractivity contribution in [3.8, 4) is 5.82 Å². The van der Waals surface area contributed by atoms with Gasteiger partial charge in [-0.2, -0.15) is 5.10 Å². The molecule has 0 amide bonds. The van der Waals surface area contributed by atoms with Gasteiger partial charge in [-0.25, -0.2) is 9.78 Å². The Bertz CT molecular complexity index is 1510. The molecule has 0 radical (unpaired) electrons. The third-order valence-electron chi connectivity index (χ3n) is 6.62. The SMILES string of the molecule is CCOC(=O)c1c(-n2ccc3nc4ccn(C5CCCCCC5)c(=O)c4cc3c2=O)n[nH]c1C. The first-order valence-corrected chi connectivity index (χ1v) is 11.8. The number of H-pyrrole nitrogens is 1. The summed E-state index contributed by atoms with van der Waals surface area (Å²) >= 11 is 0. The molecule has 0 bridgehead atoms. The zero-order valence-electron chi connectivity index (χ0n) is 19.3. The summed E-state index contributed by atoms with van der Waals surface area (Å²) in [4.78, 5) is 43.9. The number of carbonyl (C=O) groups excluding carboxylic acids is 1. The standard InChI is InChI=1S/C25H27N5O4/c1-3-34-25(33)21-15(2)27-28-22(21)30-13-11-20-18(24(30)32)14-17-19(26-20)10-12-29(23(17)31)16-8-6-4-5-7-9-16/h10-14,16H,3-9H2,1-2H3,(H,27,28). The molecule has 9 nitrogen and oxygen atoms in total. The van der Waals surface area contributed by atoms with Crippen LogP contribution in [0.1, 0.15) is 67.5 Å². The van der Waals surface area contributed by atoms with E-state index in [9.17, 15) is 14.4 Å². The van der Waals surface area contributed by atoms with Crippen LogP contribution in [0.2, 0.25) is 0 Å². The Morgan fingerprint density at radius 2 is 1.74 bits per heavy atom. The van der Waals surface area contributed by atoms with E-state index in [0.717, 1.165) is 25.7 Å². The molecule has 9 heteroatoms. The van der Waals surface area contributed by atoms with Crippen molar-refractivity contribution in [2.24, 2.45) is 0 Å². The number of hydrogen-bond acceptors (Lipinski definition) is 6. The van der Waals surface area contributed by atoms with Crippen molar-refractivity contribution in [3.63, 3.8) is 0 Å². The van der Waals surface area contributed by atoms with Crippen molar-refractivity contribution in [2.45, 2.75) is 58.4 Å². The summed E-state index contributed by atoms with van der Waals surface area (Å²) in [5.74, 6) is -0.398. The minimum Gasteiger partial charge on any atom is -0.462 e. The lowest BCUT2D eigenvalue weighted by Gasteiger charge is -2.18. The fourth-order valence-electron chi connectivity index (χ4n) is 4.87. The second-order valence-electron chi connectivity index (χ2n) is 8.79. The Hall–Kier alpha value is -3.75. The number of carbonyl (C=O) groups is 1. The Labute approximate surface area is 195 Å². The van der Waals surface area contributed by atoms with Crippen LogP contribution in [0.15, 0.2) is 40.2 Å². The summed E-state index contributed by atoms with van der Waals surface area (Å²) in [6, 6.07) is 5.33. The zero-order valence-corrected chi connectivity index (χ0v) is 19.3. The number of hydrogen-bond donors (Lipinski definition) is 1. The second-order valence-corrected chi connectivity index (χ2v) is 8.79. The van der Waals surface area contributed by atoms with E-state index in [0.29, 0.717) is 27.5 Å². The van der Waals surface area contributed by atoms with Crippen LogP contribution in [0.3, 0.4) is 0 Å². The molecule has 1 aliphatic carbocycles. The lowest BCUT2D eigenvalue weighted by atomic mass is 10.1. The van der Waals surface area contributed by atoms with Crippen molar-refractivity contribution in [1.29, 1.82) is 0 Å². The highest BCUT2D eigenvalue weighted by atomic mass is 16.5. The minimum absolute atomic E-state index is 0.128. The number of nitrogens with one attached hydrogen (secondary N) is 1. The Kier molecular flexibility index (Phi) is 5.77. The van der Waals surface area contributed by atoms with Crippen LogP contribution in [-0.2, 0) is 4.74 Å². The molecule has 4 aromatic rings. The number of rotatable bonds is 4. The molecule has 1 fully saturated rings. The average Bonchev–Trinajstić information content (AvgIpc) is 3.02. The van der Waals surface area contributed by atoms with Crippen LogP contribution in [0.4, 0.5) is 0 Å². The predicted octanol–water partition coefficient (Wildman–Crippen LogP) is 3.80. The molecule has 0 aliphatic heterocycles. The summed E-state index contributed by atoms with van der Waals surface area (Å²) in [6.07, 6.45) is 9.95. The van der Waals surface area contributed by atoms with Gasteiger partial charge in [0, 0.05) is 24.1 Å². The smallest absolute Gasteiger partial charge is 0.343 e. The van der Waals surface area contributed by atoms with Gasteiger partial charge in [0.2, 0.25) is 0 Å². The van der Waals surface area contributed by atoms with Gasteiger partial charge in [-0.3, -0.25) is 19.3 Å². The summed E-state index contributed by atoms with van der Waals surface area (Å²) in [5.41, 5.74) is 1.20. The molecule has 0 spiro atoms. The Balaban J connectivity index is 1.67. The monoisotopic (exact) mass is 461 g/mol. The molecular weight excluding hydrogens is 434 g/mol. The van der Waals surface area contributed by atoms with Gasteiger partial charge in [0.1, 0.15) is 5.56 Å². The molecule has 1 saturated carbocycles. The topological polar surface area (TPSA) is 112 Å². The van der Waals surface area contributed by atoms with Gasteiger partial charge in [-0.05, 0) is 44.9 Å². The van der Waals surface area contributed by atoms with E-state index in [1.54, 1.807) is 30.5 Å². The Morgan fingerprint density at radius 3 is 2.44 bits per heavy atom. The highest BCUT2D eigenvalue weighted by Crippen LogP contribution is 2.27. The zero-order chi connectivity index (χ0) is 23.8. The number of aromatic amines is 1. The van der Waals surface area contributed by atoms with Gasteiger partial charge < -0.3 is 9.30 Å². The molecule has 5 rings (SSSR count). The van der Waals surface area contributed by atoms with Crippen molar-refractivity contribution < 1.29 is 9.53 Å². The number of esters is 1. The van der Waals surface area contributed by atoms with Crippen molar-refractivity contribution in [2.75, 3.05) is 6.61 Å². The van der Waals surface area contributed by atoms with Gasteiger partial charge in [-0.1, -0.05) is 25.7 Å². The molecule has 0 saturated heterocycles. The van der Waals surface area contributed by atoms with Crippen molar-refractivity contribution in [1.82, 2.24) is 24.3 Å².